The van der Waals surface area contributed by atoms with Crippen LogP contribution >= 0.6 is 0 Å². The van der Waals surface area contributed by atoms with Crippen LogP contribution in [-0.2, 0) is 20.2 Å². The Kier molecular flexibility index (Phi) is 5.33. The summed E-state index contributed by atoms with van der Waals surface area (Å²) in [5.74, 6) is 1.70. The maximum absolute atomic E-state index is 13.2. The third kappa shape index (κ3) is 3.80. The second-order valence-corrected chi connectivity index (χ2v) is 11.0. The first-order chi connectivity index (χ1) is 16.2. The molecule has 178 valence electrons. The number of carbonyl (C=O) groups is 1. The standard InChI is InChI=1S/C25H25N3O5S.H2/c1-16-11-23(26-14-20(16)17-5-4-6-19(12-17)34(30,31)28(2)3)27-24(29)25(9-10-25)18-7-8-21-22(13-18)33-15-32-21;/h4-8,11-14H,9-10,15H2,1-3H3,(H,26,27,29);1H. The quantitative estimate of drug-likeness (QED) is 0.573. The number of nitrogens with one attached hydrogen (secondary N) is 1. The number of benzene rings is 2. The molecule has 0 saturated heterocycles. The van der Waals surface area contributed by atoms with Crippen LogP contribution in [0.4, 0.5) is 5.82 Å². The number of rotatable bonds is 6. The largest absolute Gasteiger partial charge is 0.454 e. The van der Waals surface area contributed by atoms with E-state index in [2.05, 4.69) is 10.3 Å². The third-order valence-corrected chi connectivity index (χ3v) is 8.20. The van der Waals surface area contributed by atoms with E-state index < -0.39 is 15.4 Å². The van der Waals surface area contributed by atoms with Crippen LogP contribution in [0.2, 0.25) is 0 Å². The fourth-order valence-corrected chi connectivity index (χ4v) is 5.11. The average Bonchev–Trinajstić information content (AvgIpc) is 3.50. The van der Waals surface area contributed by atoms with Gasteiger partial charge in [0.1, 0.15) is 5.82 Å². The van der Waals surface area contributed by atoms with Crippen LogP contribution in [0.15, 0.2) is 59.6 Å². The number of aromatic nitrogens is 1. The fourth-order valence-electron chi connectivity index (χ4n) is 4.16. The van der Waals surface area contributed by atoms with Crippen molar-refractivity contribution >= 4 is 21.7 Å². The number of ether oxygens (including phenoxy) is 2. The van der Waals surface area contributed by atoms with Crippen LogP contribution in [0.25, 0.3) is 11.1 Å². The lowest BCUT2D eigenvalue weighted by Crippen LogP contribution is -2.28. The Morgan fingerprint density at radius 3 is 2.56 bits per heavy atom. The first-order valence-electron chi connectivity index (χ1n) is 10.9. The predicted octanol–water partition coefficient (Wildman–Crippen LogP) is 3.95. The van der Waals surface area contributed by atoms with Crippen LogP contribution in [0, 0.1) is 6.92 Å². The molecule has 1 N–H and O–H groups in total. The minimum atomic E-state index is -3.54. The molecule has 2 heterocycles. The topological polar surface area (TPSA) is 97.8 Å². The van der Waals surface area contributed by atoms with Crippen LogP contribution in [0.1, 0.15) is 25.4 Å². The molecule has 2 aromatic carbocycles. The fraction of sp³-hybridized carbons (Fsp3) is 0.280. The molecule has 1 aromatic heterocycles. The van der Waals surface area contributed by atoms with E-state index in [1.165, 1.54) is 18.4 Å². The highest BCUT2D eigenvalue weighted by molar-refractivity contribution is 7.89. The molecule has 1 aliphatic carbocycles. The van der Waals surface area contributed by atoms with Crippen molar-refractivity contribution < 1.29 is 24.1 Å². The van der Waals surface area contributed by atoms with Gasteiger partial charge in [0.05, 0.1) is 10.3 Å². The number of aryl methyl sites for hydroxylation is 1. The maximum Gasteiger partial charge on any atom is 0.242 e. The minimum absolute atomic E-state index is 0. The SMILES string of the molecule is Cc1cc(NC(=O)C2(c3ccc4c(c3)OCO4)CC2)ncc1-c1cccc(S(=O)(=O)N(C)C)c1.[HH]. The lowest BCUT2D eigenvalue weighted by atomic mass is 9.94. The van der Waals surface area contributed by atoms with Gasteiger partial charge in [0, 0.05) is 27.3 Å². The summed E-state index contributed by atoms with van der Waals surface area (Å²) in [6.07, 6.45) is 3.16. The Labute approximate surface area is 200 Å². The molecule has 5 rings (SSSR count). The van der Waals surface area contributed by atoms with Crippen molar-refractivity contribution in [1.29, 1.82) is 0 Å². The van der Waals surface area contributed by atoms with E-state index in [-0.39, 0.29) is 19.0 Å². The predicted molar refractivity (Wildman–Crippen MR) is 130 cm³/mol. The molecule has 1 aliphatic heterocycles. The van der Waals surface area contributed by atoms with Crippen molar-refractivity contribution in [2.45, 2.75) is 30.1 Å². The van der Waals surface area contributed by atoms with Crippen molar-refractivity contribution in [3.8, 4) is 22.6 Å². The highest BCUT2D eigenvalue weighted by Crippen LogP contribution is 2.51. The van der Waals surface area contributed by atoms with Gasteiger partial charge in [0.25, 0.3) is 0 Å². The van der Waals surface area contributed by atoms with E-state index in [1.54, 1.807) is 30.5 Å². The number of anilines is 1. The molecule has 9 heteroatoms. The molecule has 1 fully saturated rings. The number of amides is 1. The Balaban J connectivity index is 0.00000289. The normalized spacial score (nSPS) is 15.9. The van der Waals surface area contributed by atoms with E-state index in [9.17, 15) is 13.2 Å². The van der Waals surface area contributed by atoms with Gasteiger partial charge in [-0.1, -0.05) is 18.2 Å². The molecule has 0 atom stereocenters. The second kappa shape index (κ2) is 8.11. The molecule has 0 unspecified atom stereocenters. The number of hydrogen-bond acceptors (Lipinski definition) is 6. The molecule has 0 radical (unpaired) electrons. The zero-order chi connectivity index (χ0) is 24.1. The van der Waals surface area contributed by atoms with Crippen molar-refractivity contribution in [3.05, 3.63) is 65.9 Å². The van der Waals surface area contributed by atoms with E-state index in [4.69, 9.17) is 9.47 Å². The first-order valence-corrected chi connectivity index (χ1v) is 12.4. The van der Waals surface area contributed by atoms with E-state index in [0.29, 0.717) is 17.3 Å². The number of pyridine rings is 1. The summed E-state index contributed by atoms with van der Waals surface area (Å²) in [4.78, 5) is 17.8. The Bertz CT molecular complexity index is 1400. The van der Waals surface area contributed by atoms with Gasteiger partial charge in [-0.2, -0.15) is 0 Å². The van der Waals surface area contributed by atoms with Crippen LogP contribution in [0.5, 0.6) is 11.5 Å². The number of fused-ring (bicyclic) bond motifs is 1. The number of sulfonamides is 1. The van der Waals surface area contributed by atoms with Gasteiger partial charge in [0.15, 0.2) is 11.5 Å². The van der Waals surface area contributed by atoms with Crippen molar-refractivity contribution in [1.82, 2.24) is 9.29 Å². The van der Waals surface area contributed by atoms with Gasteiger partial charge in [-0.25, -0.2) is 17.7 Å². The first kappa shape index (κ1) is 22.4. The number of hydrogen-bond donors (Lipinski definition) is 1. The van der Waals surface area contributed by atoms with Crippen LogP contribution < -0.4 is 14.8 Å². The van der Waals surface area contributed by atoms with Gasteiger partial charge >= 0.3 is 0 Å². The highest BCUT2D eigenvalue weighted by Gasteiger charge is 2.51. The maximum atomic E-state index is 13.2. The molecule has 0 bridgehead atoms. The molecule has 1 amide bonds. The Morgan fingerprint density at radius 1 is 1.09 bits per heavy atom. The molecular weight excluding hydrogens is 454 g/mol. The number of carbonyl (C=O) groups excluding carboxylic acids is 1. The van der Waals surface area contributed by atoms with E-state index in [0.717, 1.165) is 35.1 Å². The monoisotopic (exact) mass is 481 g/mol. The van der Waals surface area contributed by atoms with E-state index >= 15 is 0 Å². The third-order valence-electron chi connectivity index (χ3n) is 6.39. The minimum Gasteiger partial charge on any atom is -0.454 e. The summed E-state index contributed by atoms with van der Waals surface area (Å²) in [6.45, 7) is 2.10. The Hall–Kier alpha value is -3.43. The van der Waals surface area contributed by atoms with Crippen molar-refractivity contribution in [2.75, 3.05) is 26.2 Å². The molecule has 0 spiro atoms. The summed E-state index contributed by atoms with van der Waals surface area (Å²) in [5.41, 5.74) is 2.72. The zero-order valence-electron chi connectivity index (χ0n) is 19.2. The smallest absolute Gasteiger partial charge is 0.242 e. The Morgan fingerprint density at radius 2 is 1.85 bits per heavy atom. The summed E-state index contributed by atoms with van der Waals surface area (Å²) < 4.78 is 37.0. The van der Waals surface area contributed by atoms with E-state index in [1.807, 2.05) is 31.2 Å². The van der Waals surface area contributed by atoms with Gasteiger partial charge < -0.3 is 14.8 Å². The lowest BCUT2D eigenvalue weighted by molar-refractivity contribution is -0.118. The highest BCUT2D eigenvalue weighted by atomic mass is 32.2. The van der Waals surface area contributed by atoms with Crippen molar-refractivity contribution in [3.63, 3.8) is 0 Å². The second-order valence-electron chi connectivity index (χ2n) is 8.80. The van der Waals surface area contributed by atoms with Gasteiger partial charge in [-0.15, -0.1) is 0 Å². The number of nitrogens with zero attached hydrogens (tertiary/aromatic N) is 2. The summed E-state index contributed by atoms with van der Waals surface area (Å²) >= 11 is 0. The molecule has 8 nitrogen and oxygen atoms in total. The van der Waals surface area contributed by atoms with Crippen molar-refractivity contribution in [2.24, 2.45) is 0 Å². The molecular formula is C25H27N3O5S. The van der Waals surface area contributed by atoms with Gasteiger partial charge in [0.2, 0.25) is 22.7 Å². The average molecular weight is 482 g/mol. The van der Waals surface area contributed by atoms with Crippen LogP contribution in [0.3, 0.4) is 0 Å². The molecule has 1 saturated carbocycles. The van der Waals surface area contributed by atoms with Gasteiger partial charge in [-0.3, -0.25) is 4.79 Å². The summed E-state index contributed by atoms with van der Waals surface area (Å²) in [7, 11) is -0.540. The van der Waals surface area contributed by atoms with Gasteiger partial charge in [-0.05, 0) is 66.8 Å². The molecule has 3 aromatic rings. The molecule has 34 heavy (non-hydrogen) atoms. The summed E-state index contributed by atoms with van der Waals surface area (Å²) in [5, 5.41) is 2.96. The lowest BCUT2D eigenvalue weighted by Gasteiger charge is -2.17. The zero-order valence-corrected chi connectivity index (χ0v) is 20.0. The summed E-state index contributed by atoms with van der Waals surface area (Å²) in [6, 6.07) is 14.2. The molecule has 2 aliphatic rings. The van der Waals surface area contributed by atoms with Crippen LogP contribution in [-0.4, -0.2) is 44.5 Å².